The standard InChI is InChI=1S/C16H20N/c1-11-6-7-17(5)15(10-11)16-13(3)8-12(2)9-14(16)4/h6-10H,1-5H3/q+1. The minimum absolute atomic E-state index is 1.29. The summed E-state index contributed by atoms with van der Waals surface area (Å²) < 4.78 is 2.19. The molecule has 17 heavy (non-hydrogen) atoms. The largest absolute Gasteiger partial charge is 0.213 e. The van der Waals surface area contributed by atoms with Crippen molar-refractivity contribution in [2.45, 2.75) is 27.7 Å². The second-order valence-electron chi connectivity index (χ2n) is 4.97. The van der Waals surface area contributed by atoms with E-state index in [0.29, 0.717) is 0 Å². The molecule has 0 N–H and O–H groups in total. The van der Waals surface area contributed by atoms with Crippen molar-refractivity contribution in [2.75, 3.05) is 0 Å². The van der Waals surface area contributed by atoms with Gasteiger partial charge in [-0.2, -0.15) is 0 Å². The first-order valence-electron chi connectivity index (χ1n) is 6.03. The van der Waals surface area contributed by atoms with E-state index in [2.05, 4.69) is 69.8 Å². The van der Waals surface area contributed by atoms with Gasteiger partial charge in [0, 0.05) is 12.1 Å². The molecule has 0 radical (unpaired) electrons. The van der Waals surface area contributed by atoms with E-state index in [1.807, 2.05) is 0 Å². The highest BCUT2D eigenvalue weighted by molar-refractivity contribution is 5.66. The number of pyridine rings is 1. The highest BCUT2D eigenvalue weighted by Gasteiger charge is 2.15. The summed E-state index contributed by atoms with van der Waals surface area (Å²) in [4.78, 5) is 0. The molecule has 2 rings (SSSR count). The zero-order chi connectivity index (χ0) is 12.6. The monoisotopic (exact) mass is 226 g/mol. The normalized spacial score (nSPS) is 10.6. The van der Waals surface area contributed by atoms with Gasteiger partial charge in [0.25, 0.3) is 0 Å². The third-order valence-corrected chi connectivity index (χ3v) is 3.24. The lowest BCUT2D eigenvalue weighted by atomic mass is 9.96. The van der Waals surface area contributed by atoms with Gasteiger partial charge in [0.1, 0.15) is 7.05 Å². The van der Waals surface area contributed by atoms with E-state index >= 15 is 0 Å². The summed E-state index contributed by atoms with van der Waals surface area (Å²) in [5.41, 5.74) is 7.99. The van der Waals surface area contributed by atoms with Gasteiger partial charge in [0.2, 0.25) is 5.69 Å². The van der Waals surface area contributed by atoms with Gasteiger partial charge in [-0.3, -0.25) is 0 Å². The van der Waals surface area contributed by atoms with Crippen LogP contribution in [0.5, 0.6) is 0 Å². The Hall–Kier alpha value is -1.63. The molecular weight excluding hydrogens is 206 g/mol. The van der Waals surface area contributed by atoms with Crippen LogP contribution in [0.15, 0.2) is 30.5 Å². The smallest absolute Gasteiger partial charge is 0.201 e. The third kappa shape index (κ3) is 2.23. The summed E-state index contributed by atoms with van der Waals surface area (Å²) in [6, 6.07) is 8.91. The molecule has 0 spiro atoms. The van der Waals surface area contributed by atoms with Crippen LogP contribution in [-0.4, -0.2) is 0 Å². The van der Waals surface area contributed by atoms with Crippen LogP contribution < -0.4 is 4.57 Å². The zero-order valence-corrected chi connectivity index (χ0v) is 11.3. The second-order valence-corrected chi connectivity index (χ2v) is 4.97. The molecule has 0 saturated heterocycles. The van der Waals surface area contributed by atoms with Crippen molar-refractivity contribution in [3.05, 3.63) is 52.7 Å². The lowest BCUT2D eigenvalue weighted by Crippen LogP contribution is -2.30. The summed E-state index contributed by atoms with van der Waals surface area (Å²) in [6.45, 7) is 8.68. The third-order valence-electron chi connectivity index (χ3n) is 3.24. The number of aromatic nitrogens is 1. The van der Waals surface area contributed by atoms with E-state index in [1.54, 1.807) is 0 Å². The Morgan fingerprint density at radius 3 is 2.00 bits per heavy atom. The molecule has 1 heteroatoms. The van der Waals surface area contributed by atoms with Crippen LogP contribution in [0.2, 0.25) is 0 Å². The Balaban J connectivity index is 2.72. The SMILES string of the molecule is Cc1cc(C)c(-c2cc(C)cc[n+]2C)c(C)c1. The second kappa shape index (κ2) is 4.33. The number of hydrogen-bond donors (Lipinski definition) is 0. The number of rotatable bonds is 1. The van der Waals surface area contributed by atoms with E-state index in [-0.39, 0.29) is 0 Å². The van der Waals surface area contributed by atoms with Crippen LogP contribution in [0.4, 0.5) is 0 Å². The van der Waals surface area contributed by atoms with Gasteiger partial charge < -0.3 is 0 Å². The molecule has 1 aromatic heterocycles. The molecule has 0 aliphatic heterocycles. The molecule has 2 aromatic rings. The molecule has 1 aromatic carbocycles. The molecule has 0 unspecified atom stereocenters. The molecule has 0 aliphatic carbocycles. The van der Waals surface area contributed by atoms with Crippen LogP contribution >= 0.6 is 0 Å². The van der Waals surface area contributed by atoms with E-state index in [9.17, 15) is 0 Å². The minimum atomic E-state index is 1.29. The Morgan fingerprint density at radius 1 is 0.824 bits per heavy atom. The highest BCUT2D eigenvalue weighted by Crippen LogP contribution is 2.26. The van der Waals surface area contributed by atoms with Crippen molar-refractivity contribution >= 4 is 0 Å². The molecule has 1 nitrogen and oxygen atoms in total. The number of nitrogens with zero attached hydrogens (tertiary/aromatic N) is 1. The average Bonchev–Trinajstić information content (AvgIpc) is 2.21. The quantitative estimate of drug-likeness (QED) is 0.656. The van der Waals surface area contributed by atoms with Crippen molar-refractivity contribution in [1.29, 1.82) is 0 Å². The highest BCUT2D eigenvalue weighted by atomic mass is 14.9. The van der Waals surface area contributed by atoms with Gasteiger partial charge in [-0.05, 0) is 44.4 Å². The maximum absolute atomic E-state index is 2.25. The average molecular weight is 226 g/mol. The van der Waals surface area contributed by atoms with Gasteiger partial charge in [-0.1, -0.05) is 17.7 Å². The summed E-state index contributed by atoms with van der Waals surface area (Å²) >= 11 is 0. The molecule has 88 valence electrons. The predicted octanol–water partition coefficient (Wildman–Crippen LogP) is 3.41. The topological polar surface area (TPSA) is 3.88 Å². The molecular formula is C16H20N+. The Morgan fingerprint density at radius 2 is 1.41 bits per heavy atom. The van der Waals surface area contributed by atoms with Gasteiger partial charge in [0.15, 0.2) is 6.20 Å². The molecule has 0 amide bonds. The van der Waals surface area contributed by atoms with Crippen molar-refractivity contribution in [2.24, 2.45) is 7.05 Å². The predicted molar refractivity (Wildman–Crippen MR) is 72.0 cm³/mol. The van der Waals surface area contributed by atoms with Crippen LogP contribution in [0.1, 0.15) is 22.3 Å². The lowest BCUT2D eigenvalue weighted by molar-refractivity contribution is -0.660. The first kappa shape index (κ1) is 11.8. The molecule has 0 aliphatic rings. The van der Waals surface area contributed by atoms with Gasteiger partial charge in [-0.25, -0.2) is 4.57 Å². The number of benzene rings is 1. The van der Waals surface area contributed by atoms with E-state index in [1.165, 1.54) is 33.5 Å². The molecule has 0 saturated carbocycles. The Kier molecular flexibility index (Phi) is 3.01. The molecule has 1 heterocycles. The summed E-state index contributed by atoms with van der Waals surface area (Å²) in [5.74, 6) is 0. The Labute approximate surface area is 104 Å². The summed E-state index contributed by atoms with van der Waals surface area (Å²) in [6.07, 6.45) is 2.13. The van der Waals surface area contributed by atoms with E-state index < -0.39 is 0 Å². The fourth-order valence-electron chi connectivity index (χ4n) is 2.51. The van der Waals surface area contributed by atoms with E-state index in [4.69, 9.17) is 0 Å². The summed E-state index contributed by atoms with van der Waals surface area (Å²) in [5, 5.41) is 0. The zero-order valence-electron chi connectivity index (χ0n) is 11.3. The molecule has 0 atom stereocenters. The van der Waals surface area contributed by atoms with Crippen molar-refractivity contribution in [3.63, 3.8) is 0 Å². The maximum atomic E-state index is 2.25. The van der Waals surface area contributed by atoms with Crippen molar-refractivity contribution < 1.29 is 4.57 Å². The summed E-state index contributed by atoms with van der Waals surface area (Å²) in [7, 11) is 2.10. The lowest BCUT2D eigenvalue weighted by Gasteiger charge is -2.10. The fraction of sp³-hybridized carbons (Fsp3) is 0.312. The van der Waals surface area contributed by atoms with Crippen molar-refractivity contribution in [1.82, 2.24) is 0 Å². The van der Waals surface area contributed by atoms with Gasteiger partial charge in [-0.15, -0.1) is 0 Å². The number of hydrogen-bond acceptors (Lipinski definition) is 0. The first-order chi connectivity index (χ1) is 7.99. The van der Waals surface area contributed by atoms with Crippen LogP contribution in [-0.2, 0) is 7.05 Å². The van der Waals surface area contributed by atoms with Crippen LogP contribution in [0.3, 0.4) is 0 Å². The molecule has 0 fully saturated rings. The fourth-order valence-corrected chi connectivity index (χ4v) is 2.51. The van der Waals surface area contributed by atoms with E-state index in [0.717, 1.165) is 0 Å². The van der Waals surface area contributed by atoms with Crippen LogP contribution in [0, 0.1) is 27.7 Å². The minimum Gasteiger partial charge on any atom is -0.201 e. The number of aryl methyl sites for hydroxylation is 5. The maximum Gasteiger partial charge on any atom is 0.213 e. The van der Waals surface area contributed by atoms with Crippen LogP contribution in [0.25, 0.3) is 11.3 Å². The Bertz CT molecular complexity index is 545. The molecule has 0 bridgehead atoms. The van der Waals surface area contributed by atoms with Gasteiger partial charge in [0.05, 0.1) is 5.56 Å². The van der Waals surface area contributed by atoms with Gasteiger partial charge >= 0.3 is 0 Å². The first-order valence-corrected chi connectivity index (χ1v) is 6.03. The van der Waals surface area contributed by atoms with Crippen molar-refractivity contribution in [3.8, 4) is 11.3 Å².